The molecule has 3 rings (SSSR count). The van der Waals surface area contributed by atoms with Crippen LogP contribution in [0.2, 0.25) is 0 Å². The molecule has 1 fully saturated rings. The predicted octanol–water partition coefficient (Wildman–Crippen LogP) is 1.59. The molecule has 7 heteroatoms. The Kier molecular flexibility index (Phi) is 4.27. The van der Waals surface area contributed by atoms with Crippen molar-refractivity contribution in [2.75, 3.05) is 31.1 Å². The van der Waals surface area contributed by atoms with Crippen LogP contribution in [0.5, 0.6) is 0 Å². The Morgan fingerprint density at radius 2 is 1.96 bits per heavy atom. The number of nitrogens with zero attached hydrogens (tertiary/aromatic N) is 5. The lowest BCUT2D eigenvalue weighted by Gasteiger charge is -2.35. The smallest absolute Gasteiger partial charge is 0.271 e. The largest absolute Gasteiger partial charge is 0.353 e. The van der Waals surface area contributed by atoms with Gasteiger partial charge in [0.25, 0.3) is 5.91 Å². The molecular formula is C16H22N6O. The van der Waals surface area contributed by atoms with E-state index in [1.807, 2.05) is 17.9 Å². The van der Waals surface area contributed by atoms with Crippen molar-refractivity contribution in [2.45, 2.75) is 26.7 Å². The number of nitrogens with one attached hydrogen (secondary N) is 1. The van der Waals surface area contributed by atoms with E-state index in [-0.39, 0.29) is 5.91 Å². The van der Waals surface area contributed by atoms with E-state index in [0.717, 1.165) is 30.4 Å². The monoisotopic (exact) mass is 314 g/mol. The molecule has 1 amide bonds. The van der Waals surface area contributed by atoms with Gasteiger partial charge < -0.3 is 9.80 Å². The molecular weight excluding hydrogens is 292 g/mol. The van der Waals surface area contributed by atoms with Crippen LogP contribution in [0.1, 0.15) is 41.8 Å². The number of anilines is 1. The molecule has 122 valence electrons. The summed E-state index contributed by atoms with van der Waals surface area (Å²) in [5, 5.41) is 6.57. The number of amides is 1. The number of hydrogen-bond acceptors (Lipinski definition) is 5. The number of carbonyl (C=O) groups excluding carboxylic acids is 1. The van der Waals surface area contributed by atoms with Gasteiger partial charge in [-0.25, -0.2) is 9.97 Å². The molecule has 0 unspecified atom stereocenters. The molecule has 2 aromatic rings. The average molecular weight is 314 g/mol. The quantitative estimate of drug-likeness (QED) is 0.931. The van der Waals surface area contributed by atoms with Gasteiger partial charge in [-0.15, -0.1) is 0 Å². The number of rotatable bonds is 3. The Hall–Kier alpha value is -2.44. The Balaban J connectivity index is 1.68. The first kappa shape index (κ1) is 15.5. The van der Waals surface area contributed by atoms with Crippen molar-refractivity contribution in [3.05, 3.63) is 35.5 Å². The molecule has 0 radical (unpaired) electrons. The summed E-state index contributed by atoms with van der Waals surface area (Å²) in [4.78, 5) is 25.5. The van der Waals surface area contributed by atoms with E-state index in [0.29, 0.717) is 24.7 Å². The van der Waals surface area contributed by atoms with Crippen LogP contribution in [0.25, 0.3) is 0 Å². The Morgan fingerprint density at radius 3 is 2.57 bits per heavy atom. The highest BCUT2D eigenvalue weighted by atomic mass is 16.2. The number of aryl methyl sites for hydroxylation is 1. The van der Waals surface area contributed by atoms with Crippen molar-refractivity contribution in [1.82, 2.24) is 25.1 Å². The van der Waals surface area contributed by atoms with Crippen LogP contribution in [0.4, 0.5) is 5.82 Å². The first-order valence-corrected chi connectivity index (χ1v) is 7.94. The molecule has 1 aliphatic rings. The molecule has 2 aromatic heterocycles. The lowest BCUT2D eigenvalue weighted by atomic mass is 10.2. The van der Waals surface area contributed by atoms with Crippen molar-refractivity contribution < 1.29 is 4.79 Å². The summed E-state index contributed by atoms with van der Waals surface area (Å²) in [5.41, 5.74) is 1.52. The Labute approximate surface area is 135 Å². The van der Waals surface area contributed by atoms with Crippen molar-refractivity contribution in [1.29, 1.82) is 0 Å². The fraction of sp³-hybridized carbons (Fsp3) is 0.500. The average Bonchev–Trinajstić information content (AvgIpc) is 3.08. The maximum absolute atomic E-state index is 12.3. The molecule has 23 heavy (non-hydrogen) atoms. The maximum Gasteiger partial charge on any atom is 0.271 e. The van der Waals surface area contributed by atoms with Crippen LogP contribution in [0.3, 0.4) is 0 Å². The van der Waals surface area contributed by atoms with Gasteiger partial charge in [-0.1, -0.05) is 13.8 Å². The van der Waals surface area contributed by atoms with Gasteiger partial charge in [0.2, 0.25) is 0 Å². The highest BCUT2D eigenvalue weighted by molar-refractivity contribution is 5.92. The highest BCUT2D eigenvalue weighted by Crippen LogP contribution is 2.19. The van der Waals surface area contributed by atoms with Crippen LogP contribution in [-0.4, -0.2) is 57.2 Å². The van der Waals surface area contributed by atoms with E-state index < -0.39 is 0 Å². The summed E-state index contributed by atoms with van der Waals surface area (Å²) in [6.07, 6.45) is 1.60. The zero-order chi connectivity index (χ0) is 16.4. The zero-order valence-corrected chi connectivity index (χ0v) is 13.8. The second-order valence-electron chi connectivity index (χ2n) is 6.13. The van der Waals surface area contributed by atoms with E-state index in [1.165, 1.54) is 0 Å². The van der Waals surface area contributed by atoms with Crippen LogP contribution in [0.15, 0.2) is 18.3 Å². The summed E-state index contributed by atoms with van der Waals surface area (Å²) in [5.74, 6) is 2.13. The number of aromatic amines is 1. The number of carbonyl (C=O) groups is 1. The van der Waals surface area contributed by atoms with E-state index in [2.05, 4.69) is 38.9 Å². The molecule has 1 saturated heterocycles. The van der Waals surface area contributed by atoms with Crippen LogP contribution in [-0.2, 0) is 0 Å². The van der Waals surface area contributed by atoms with Crippen molar-refractivity contribution in [2.24, 2.45) is 0 Å². The van der Waals surface area contributed by atoms with Gasteiger partial charge in [-0.3, -0.25) is 9.89 Å². The molecule has 0 saturated carbocycles. The SMILES string of the molecule is Cc1cc(N2CCN(C(=O)c3ccn[nH]3)CC2)nc(C(C)C)n1. The van der Waals surface area contributed by atoms with Gasteiger partial charge in [0.15, 0.2) is 0 Å². The van der Waals surface area contributed by atoms with Crippen molar-refractivity contribution in [3.8, 4) is 0 Å². The molecule has 1 aliphatic heterocycles. The van der Waals surface area contributed by atoms with E-state index >= 15 is 0 Å². The molecule has 0 atom stereocenters. The van der Waals surface area contributed by atoms with Gasteiger partial charge in [-0.05, 0) is 13.0 Å². The molecule has 1 N–H and O–H groups in total. The second kappa shape index (κ2) is 6.36. The van der Waals surface area contributed by atoms with Crippen molar-refractivity contribution >= 4 is 11.7 Å². The predicted molar refractivity (Wildman–Crippen MR) is 87.6 cm³/mol. The minimum absolute atomic E-state index is 0.00360. The minimum atomic E-state index is 0.00360. The summed E-state index contributed by atoms with van der Waals surface area (Å²) < 4.78 is 0. The number of piperazine rings is 1. The lowest BCUT2D eigenvalue weighted by molar-refractivity contribution is 0.0740. The van der Waals surface area contributed by atoms with E-state index in [9.17, 15) is 4.79 Å². The minimum Gasteiger partial charge on any atom is -0.353 e. The Bertz CT molecular complexity index is 674. The lowest BCUT2D eigenvalue weighted by Crippen LogP contribution is -2.49. The van der Waals surface area contributed by atoms with Crippen LogP contribution < -0.4 is 4.90 Å². The third kappa shape index (κ3) is 3.33. The highest BCUT2D eigenvalue weighted by Gasteiger charge is 2.24. The molecule has 0 spiro atoms. The fourth-order valence-electron chi connectivity index (χ4n) is 2.68. The summed E-state index contributed by atoms with van der Waals surface area (Å²) >= 11 is 0. The van der Waals surface area contributed by atoms with E-state index in [4.69, 9.17) is 0 Å². The summed E-state index contributed by atoms with van der Waals surface area (Å²) in [7, 11) is 0. The third-order valence-electron chi connectivity index (χ3n) is 4.00. The van der Waals surface area contributed by atoms with Gasteiger partial charge in [0.1, 0.15) is 17.3 Å². The molecule has 3 heterocycles. The number of H-pyrrole nitrogens is 1. The standard InChI is InChI=1S/C16H22N6O/c1-11(2)15-18-12(3)10-14(19-15)21-6-8-22(9-7-21)16(23)13-4-5-17-20-13/h4-5,10-11H,6-9H2,1-3H3,(H,17,20). The van der Waals surface area contributed by atoms with Gasteiger partial charge in [0.05, 0.1) is 0 Å². The maximum atomic E-state index is 12.3. The summed E-state index contributed by atoms with van der Waals surface area (Å²) in [6, 6.07) is 3.72. The molecule has 0 aliphatic carbocycles. The van der Waals surface area contributed by atoms with Crippen LogP contribution >= 0.6 is 0 Å². The third-order valence-corrected chi connectivity index (χ3v) is 4.00. The van der Waals surface area contributed by atoms with E-state index in [1.54, 1.807) is 12.3 Å². The van der Waals surface area contributed by atoms with Gasteiger partial charge in [-0.2, -0.15) is 5.10 Å². The first-order valence-electron chi connectivity index (χ1n) is 7.94. The van der Waals surface area contributed by atoms with Crippen molar-refractivity contribution in [3.63, 3.8) is 0 Å². The molecule has 0 aromatic carbocycles. The number of hydrogen-bond donors (Lipinski definition) is 1. The zero-order valence-electron chi connectivity index (χ0n) is 13.8. The van der Waals surface area contributed by atoms with Gasteiger partial charge >= 0.3 is 0 Å². The normalized spacial score (nSPS) is 15.3. The summed E-state index contributed by atoms with van der Waals surface area (Å²) in [6.45, 7) is 9.09. The topological polar surface area (TPSA) is 78.0 Å². The fourth-order valence-corrected chi connectivity index (χ4v) is 2.68. The first-order chi connectivity index (χ1) is 11.0. The second-order valence-corrected chi connectivity index (χ2v) is 6.13. The molecule has 0 bridgehead atoms. The van der Waals surface area contributed by atoms with Crippen LogP contribution in [0, 0.1) is 6.92 Å². The number of aromatic nitrogens is 4. The molecule has 7 nitrogen and oxygen atoms in total. The Morgan fingerprint density at radius 1 is 1.22 bits per heavy atom. The van der Waals surface area contributed by atoms with Gasteiger partial charge in [0, 0.05) is 50.1 Å².